The standard InChI is InChI=1S/C18H29FN2O5S/c1-10(11-2-3-11)9-26-13-5-4-12-6-15(22)18(17(19)14(12)7-13)21-8-16(23)20-27(21,24)25/h10-15,17-18,22H,2-9H2,1H3,(H,20,23). The van der Waals surface area contributed by atoms with Crippen LogP contribution in [0.15, 0.2) is 0 Å². The predicted octanol–water partition coefficient (Wildman–Crippen LogP) is 0.982. The summed E-state index contributed by atoms with van der Waals surface area (Å²) in [6, 6.07) is -1.21. The van der Waals surface area contributed by atoms with Gasteiger partial charge < -0.3 is 9.84 Å². The molecule has 1 aliphatic heterocycles. The van der Waals surface area contributed by atoms with Gasteiger partial charge in [0.1, 0.15) is 6.17 Å². The van der Waals surface area contributed by atoms with Crippen LogP contribution in [-0.4, -0.2) is 61.3 Å². The molecular weight excluding hydrogens is 375 g/mol. The average Bonchev–Trinajstić information content (AvgIpc) is 3.40. The number of carbonyl (C=O) groups excluding carboxylic acids is 1. The smallest absolute Gasteiger partial charge is 0.304 e. The van der Waals surface area contributed by atoms with Crippen molar-refractivity contribution in [3.63, 3.8) is 0 Å². The summed E-state index contributed by atoms with van der Waals surface area (Å²) in [7, 11) is -4.07. The van der Waals surface area contributed by atoms with Gasteiger partial charge in [0.2, 0.25) is 5.91 Å². The molecule has 0 aromatic rings. The van der Waals surface area contributed by atoms with E-state index in [0.29, 0.717) is 25.4 Å². The molecule has 2 N–H and O–H groups in total. The van der Waals surface area contributed by atoms with Crippen LogP contribution in [0.2, 0.25) is 0 Å². The van der Waals surface area contributed by atoms with Gasteiger partial charge in [-0.25, -0.2) is 9.11 Å². The van der Waals surface area contributed by atoms with Crippen LogP contribution in [0.4, 0.5) is 4.39 Å². The molecule has 7 atom stereocenters. The summed E-state index contributed by atoms with van der Waals surface area (Å²) in [5.41, 5.74) is 0. The first kappa shape index (κ1) is 19.5. The van der Waals surface area contributed by atoms with Crippen LogP contribution in [0, 0.1) is 23.7 Å². The highest BCUT2D eigenvalue weighted by molar-refractivity contribution is 7.88. The van der Waals surface area contributed by atoms with E-state index in [9.17, 15) is 18.3 Å². The molecule has 0 bridgehead atoms. The lowest BCUT2D eigenvalue weighted by molar-refractivity contribution is -0.120. The van der Waals surface area contributed by atoms with Gasteiger partial charge in [0.25, 0.3) is 0 Å². The molecule has 4 aliphatic rings. The first-order valence-electron chi connectivity index (χ1n) is 10.0. The number of aliphatic hydroxyl groups excluding tert-OH is 1. The third-order valence-electron chi connectivity index (χ3n) is 6.88. The largest absolute Gasteiger partial charge is 0.391 e. The Labute approximate surface area is 159 Å². The van der Waals surface area contributed by atoms with Crippen molar-refractivity contribution >= 4 is 16.1 Å². The second-order valence-electron chi connectivity index (χ2n) is 8.82. The van der Waals surface area contributed by atoms with E-state index >= 15 is 4.39 Å². The minimum absolute atomic E-state index is 0.0171. The van der Waals surface area contributed by atoms with Crippen LogP contribution >= 0.6 is 0 Å². The molecule has 0 aromatic heterocycles. The Hall–Kier alpha value is -0.770. The molecule has 0 spiro atoms. The maximum atomic E-state index is 15.4. The number of nitrogens with one attached hydrogen (secondary N) is 1. The van der Waals surface area contributed by atoms with Crippen LogP contribution in [0.3, 0.4) is 0 Å². The molecule has 0 aromatic carbocycles. The zero-order valence-electron chi connectivity index (χ0n) is 15.6. The van der Waals surface area contributed by atoms with Crippen molar-refractivity contribution in [3.8, 4) is 0 Å². The van der Waals surface area contributed by atoms with Gasteiger partial charge >= 0.3 is 10.2 Å². The number of carbonyl (C=O) groups is 1. The number of nitrogens with zero attached hydrogens (tertiary/aromatic N) is 1. The molecule has 1 saturated heterocycles. The lowest BCUT2D eigenvalue weighted by Gasteiger charge is -2.47. The lowest BCUT2D eigenvalue weighted by Crippen LogP contribution is -2.59. The number of fused-ring (bicyclic) bond motifs is 1. The highest BCUT2D eigenvalue weighted by atomic mass is 32.2. The van der Waals surface area contributed by atoms with Crippen LogP contribution < -0.4 is 4.72 Å². The summed E-state index contributed by atoms with van der Waals surface area (Å²) in [6.45, 7) is 2.45. The van der Waals surface area contributed by atoms with Crippen molar-refractivity contribution in [3.05, 3.63) is 0 Å². The van der Waals surface area contributed by atoms with E-state index < -0.39 is 41.0 Å². The third-order valence-corrected chi connectivity index (χ3v) is 8.35. The Morgan fingerprint density at radius 3 is 2.67 bits per heavy atom. The molecule has 1 amide bonds. The fourth-order valence-corrected chi connectivity index (χ4v) is 6.48. The van der Waals surface area contributed by atoms with Crippen LogP contribution in [-0.2, 0) is 19.7 Å². The molecule has 7 unspecified atom stereocenters. The third kappa shape index (κ3) is 3.88. The van der Waals surface area contributed by atoms with Crippen LogP contribution in [0.5, 0.6) is 0 Å². The van der Waals surface area contributed by atoms with E-state index in [2.05, 4.69) is 6.92 Å². The number of hydrogen-bond acceptors (Lipinski definition) is 5. The summed E-state index contributed by atoms with van der Waals surface area (Å²) in [5.74, 6) is 0.280. The van der Waals surface area contributed by atoms with E-state index in [-0.39, 0.29) is 17.9 Å². The molecule has 7 nitrogen and oxygen atoms in total. The van der Waals surface area contributed by atoms with Gasteiger partial charge in [-0.1, -0.05) is 6.92 Å². The number of amides is 1. The lowest BCUT2D eigenvalue weighted by atomic mass is 9.66. The maximum Gasteiger partial charge on any atom is 0.304 e. The van der Waals surface area contributed by atoms with Crippen molar-refractivity contribution in [2.24, 2.45) is 23.7 Å². The number of aliphatic hydroxyl groups is 1. The number of rotatable bonds is 5. The van der Waals surface area contributed by atoms with Gasteiger partial charge in [-0.2, -0.15) is 12.7 Å². The normalized spacial score (nSPS) is 43.1. The van der Waals surface area contributed by atoms with Crippen molar-refractivity contribution in [2.45, 2.75) is 69.9 Å². The van der Waals surface area contributed by atoms with Crippen molar-refractivity contribution in [2.75, 3.05) is 13.2 Å². The van der Waals surface area contributed by atoms with Gasteiger partial charge in [-0.3, -0.25) is 4.79 Å². The molecule has 3 saturated carbocycles. The average molecular weight is 405 g/mol. The number of hydrogen-bond donors (Lipinski definition) is 2. The molecule has 4 rings (SSSR count). The molecular formula is C18H29FN2O5S. The van der Waals surface area contributed by atoms with Crippen molar-refractivity contribution in [1.29, 1.82) is 0 Å². The Bertz CT molecular complexity index is 685. The second kappa shape index (κ2) is 7.24. The topological polar surface area (TPSA) is 95.9 Å². The SMILES string of the molecule is CC(COC1CCC2CC(O)C(N3CC(=O)NS3(=O)=O)C(F)C2C1)C1CC1. The molecule has 1 heterocycles. The minimum atomic E-state index is -4.07. The molecule has 9 heteroatoms. The Kier molecular flexibility index (Phi) is 5.24. The Balaban J connectivity index is 1.43. The summed E-state index contributed by atoms with van der Waals surface area (Å²) < 4.78 is 48.4. The Morgan fingerprint density at radius 2 is 2.04 bits per heavy atom. The first-order chi connectivity index (χ1) is 12.8. The van der Waals surface area contributed by atoms with E-state index in [4.69, 9.17) is 4.74 Å². The second-order valence-corrected chi connectivity index (χ2v) is 10.4. The zero-order chi connectivity index (χ0) is 19.3. The minimum Gasteiger partial charge on any atom is -0.391 e. The molecule has 154 valence electrons. The van der Waals surface area contributed by atoms with E-state index in [1.54, 1.807) is 0 Å². The summed E-state index contributed by atoms with van der Waals surface area (Å²) >= 11 is 0. The zero-order valence-corrected chi connectivity index (χ0v) is 16.4. The van der Waals surface area contributed by atoms with Gasteiger partial charge in [-0.05, 0) is 62.2 Å². The molecule has 0 radical (unpaired) electrons. The number of ether oxygens (including phenoxy) is 1. The number of halogens is 1. The molecule has 27 heavy (non-hydrogen) atoms. The van der Waals surface area contributed by atoms with Gasteiger partial charge in [0, 0.05) is 6.61 Å². The predicted molar refractivity (Wildman–Crippen MR) is 95.5 cm³/mol. The van der Waals surface area contributed by atoms with E-state index in [1.165, 1.54) is 12.8 Å². The summed E-state index contributed by atoms with van der Waals surface area (Å²) in [6.07, 6.45) is 2.45. The molecule has 3 aliphatic carbocycles. The van der Waals surface area contributed by atoms with E-state index in [0.717, 1.165) is 23.1 Å². The first-order valence-corrected chi connectivity index (χ1v) is 11.5. The Morgan fingerprint density at radius 1 is 1.30 bits per heavy atom. The van der Waals surface area contributed by atoms with Gasteiger partial charge in [0.05, 0.1) is 24.8 Å². The highest BCUT2D eigenvalue weighted by Gasteiger charge is 2.53. The van der Waals surface area contributed by atoms with Crippen molar-refractivity contribution < 1.29 is 27.4 Å². The van der Waals surface area contributed by atoms with Crippen LogP contribution in [0.25, 0.3) is 0 Å². The molecule has 4 fully saturated rings. The fourth-order valence-electron chi connectivity index (χ4n) is 5.14. The van der Waals surface area contributed by atoms with Gasteiger partial charge in [0.15, 0.2) is 0 Å². The monoisotopic (exact) mass is 404 g/mol. The maximum absolute atomic E-state index is 15.4. The van der Waals surface area contributed by atoms with E-state index in [1.807, 2.05) is 4.72 Å². The number of alkyl halides is 1. The summed E-state index contributed by atoms with van der Waals surface area (Å²) in [5, 5.41) is 10.5. The van der Waals surface area contributed by atoms with Crippen LogP contribution in [0.1, 0.15) is 45.4 Å². The van der Waals surface area contributed by atoms with Gasteiger partial charge in [-0.15, -0.1) is 0 Å². The highest BCUT2D eigenvalue weighted by Crippen LogP contribution is 2.45. The fraction of sp³-hybridized carbons (Fsp3) is 0.944. The quantitative estimate of drug-likeness (QED) is 0.712. The summed E-state index contributed by atoms with van der Waals surface area (Å²) in [4.78, 5) is 11.5. The van der Waals surface area contributed by atoms with Crippen molar-refractivity contribution in [1.82, 2.24) is 9.03 Å².